The van der Waals surface area contributed by atoms with Gasteiger partial charge in [-0.05, 0) is 42.2 Å². The Morgan fingerprint density at radius 2 is 1.77 bits per heavy atom. The average Bonchev–Trinajstić information content (AvgIpc) is 2.61. The van der Waals surface area contributed by atoms with Gasteiger partial charge in [-0.15, -0.1) is 0 Å². The molecule has 0 aromatic heterocycles. The lowest BCUT2D eigenvalue weighted by atomic mass is 9.78. The van der Waals surface area contributed by atoms with Crippen LogP contribution in [0.1, 0.15) is 17.5 Å². The van der Waals surface area contributed by atoms with Crippen LogP contribution in [0.25, 0.3) is 0 Å². The molecule has 0 radical (unpaired) electrons. The molecule has 0 N–H and O–H groups in total. The number of rotatable bonds is 0. The fourth-order valence-corrected chi connectivity index (χ4v) is 2.72. The predicted octanol–water partition coefficient (Wildman–Crippen LogP) is 2.98. The second-order valence-corrected chi connectivity index (χ2v) is 4.26. The van der Waals surface area contributed by atoms with E-state index >= 15 is 0 Å². The molecule has 2 aliphatic rings. The highest BCUT2D eigenvalue weighted by Gasteiger charge is 2.28. The third-order valence-electron chi connectivity index (χ3n) is 3.48. The Hall–Kier alpha value is -1.04. The molecule has 2 aliphatic carbocycles. The van der Waals surface area contributed by atoms with Crippen molar-refractivity contribution < 1.29 is 0 Å². The summed E-state index contributed by atoms with van der Waals surface area (Å²) in [5, 5.41) is 0. The Morgan fingerprint density at radius 1 is 1.00 bits per heavy atom. The van der Waals surface area contributed by atoms with Crippen LogP contribution in [0.2, 0.25) is 0 Å². The quantitative estimate of drug-likeness (QED) is 0.525. The van der Waals surface area contributed by atoms with Crippen LogP contribution < -0.4 is 0 Å². The van der Waals surface area contributed by atoms with Crippen LogP contribution in [0.4, 0.5) is 0 Å². The van der Waals surface area contributed by atoms with E-state index < -0.39 is 0 Å². The summed E-state index contributed by atoms with van der Waals surface area (Å²) in [6.07, 6.45) is 8.66. The van der Waals surface area contributed by atoms with Crippen molar-refractivity contribution in [2.24, 2.45) is 11.8 Å². The van der Waals surface area contributed by atoms with Gasteiger partial charge in [-0.25, -0.2) is 0 Å². The standard InChI is InChI=1S/C13H14/c1-2-5-11-9-13-7-3-6-12(13)8-10(11)4-1/h1-6,12-13H,7-9H2. The zero-order valence-electron chi connectivity index (χ0n) is 7.74. The molecule has 0 saturated carbocycles. The van der Waals surface area contributed by atoms with Crippen LogP contribution in [-0.2, 0) is 12.8 Å². The fraction of sp³-hybridized carbons (Fsp3) is 0.385. The molecular weight excluding hydrogens is 156 g/mol. The normalized spacial score (nSPS) is 29.8. The molecule has 0 heterocycles. The van der Waals surface area contributed by atoms with E-state index in [1.807, 2.05) is 0 Å². The van der Waals surface area contributed by atoms with Gasteiger partial charge >= 0.3 is 0 Å². The molecule has 0 saturated heterocycles. The van der Waals surface area contributed by atoms with Crippen molar-refractivity contribution in [3.8, 4) is 0 Å². The van der Waals surface area contributed by atoms with E-state index in [2.05, 4.69) is 36.4 Å². The number of allylic oxidation sites excluding steroid dienone is 2. The van der Waals surface area contributed by atoms with Gasteiger partial charge in [-0.2, -0.15) is 0 Å². The minimum absolute atomic E-state index is 0.842. The zero-order chi connectivity index (χ0) is 8.67. The van der Waals surface area contributed by atoms with E-state index in [1.54, 1.807) is 11.1 Å². The Kier molecular flexibility index (Phi) is 1.55. The summed E-state index contributed by atoms with van der Waals surface area (Å²) in [4.78, 5) is 0. The third-order valence-corrected chi connectivity index (χ3v) is 3.48. The SMILES string of the molecule is C1=CC2Cc3ccccc3CC2C1. The molecule has 13 heavy (non-hydrogen) atoms. The van der Waals surface area contributed by atoms with Gasteiger partial charge < -0.3 is 0 Å². The molecule has 0 amide bonds. The van der Waals surface area contributed by atoms with Gasteiger partial charge in [0.25, 0.3) is 0 Å². The Balaban J connectivity index is 2.00. The molecule has 0 spiro atoms. The van der Waals surface area contributed by atoms with Crippen molar-refractivity contribution in [3.05, 3.63) is 47.5 Å². The topological polar surface area (TPSA) is 0 Å². The number of hydrogen-bond donors (Lipinski definition) is 0. The van der Waals surface area contributed by atoms with E-state index in [-0.39, 0.29) is 0 Å². The fourth-order valence-electron chi connectivity index (χ4n) is 2.72. The van der Waals surface area contributed by atoms with Crippen molar-refractivity contribution >= 4 is 0 Å². The van der Waals surface area contributed by atoms with Crippen molar-refractivity contribution in [1.82, 2.24) is 0 Å². The van der Waals surface area contributed by atoms with E-state index in [0.29, 0.717) is 0 Å². The van der Waals surface area contributed by atoms with Gasteiger partial charge in [0.1, 0.15) is 0 Å². The highest BCUT2D eigenvalue weighted by atomic mass is 14.3. The first-order valence-corrected chi connectivity index (χ1v) is 5.17. The van der Waals surface area contributed by atoms with Gasteiger partial charge in [-0.1, -0.05) is 36.4 Å². The maximum atomic E-state index is 2.42. The van der Waals surface area contributed by atoms with Crippen molar-refractivity contribution in [3.63, 3.8) is 0 Å². The lowest BCUT2D eigenvalue weighted by Gasteiger charge is -2.27. The van der Waals surface area contributed by atoms with Crippen molar-refractivity contribution in [1.29, 1.82) is 0 Å². The molecule has 2 atom stereocenters. The Labute approximate surface area is 79.3 Å². The summed E-state index contributed by atoms with van der Waals surface area (Å²) in [7, 11) is 0. The van der Waals surface area contributed by atoms with Crippen LogP contribution in [-0.4, -0.2) is 0 Å². The molecule has 0 heteroatoms. The van der Waals surface area contributed by atoms with Crippen molar-refractivity contribution in [2.45, 2.75) is 19.3 Å². The monoisotopic (exact) mass is 170 g/mol. The largest absolute Gasteiger partial charge is 0.0879 e. The van der Waals surface area contributed by atoms with Crippen LogP contribution in [0, 0.1) is 11.8 Å². The number of hydrogen-bond acceptors (Lipinski definition) is 0. The smallest absolute Gasteiger partial charge is 0.0158 e. The highest BCUT2D eigenvalue weighted by Crippen LogP contribution is 2.36. The van der Waals surface area contributed by atoms with Gasteiger partial charge in [0.2, 0.25) is 0 Å². The maximum absolute atomic E-state index is 2.42. The predicted molar refractivity (Wildman–Crippen MR) is 54.6 cm³/mol. The van der Waals surface area contributed by atoms with E-state index in [4.69, 9.17) is 0 Å². The van der Waals surface area contributed by atoms with E-state index in [0.717, 1.165) is 11.8 Å². The molecule has 0 aliphatic heterocycles. The molecule has 66 valence electrons. The number of fused-ring (bicyclic) bond motifs is 2. The summed E-state index contributed by atoms with van der Waals surface area (Å²) in [5.41, 5.74) is 3.17. The van der Waals surface area contributed by atoms with Gasteiger partial charge in [0, 0.05) is 0 Å². The minimum atomic E-state index is 0.842. The molecule has 0 bridgehead atoms. The first-order valence-electron chi connectivity index (χ1n) is 5.17. The summed E-state index contributed by atoms with van der Waals surface area (Å²) in [5.74, 6) is 1.75. The van der Waals surface area contributed by atoms with E-state index in [1.165, 1.54) is 19.3 Å². The zero-order valence-corrected chi connectivity index (χ0v) is 7.74. The first kappa shape index (κ1) is 7.37. The summed E-state index contributed by atoms with van der Waals surface area (Å²) in [6.45, 7) is 0. The number of benzene rings is 1. The Bertz CT molecular complexity index is 349. The lowest BCUT2D eigenvalue weighted by Crippen LogP contribution is -2.20. The maximum Gasteiger partial charge on any atom is -0.0158 e. The van der Waals surface area contributed by atoms with Crippen LogP contribution in [0.5, 0.6) is 0 Å². The van der Waals surface area contributed by atoms with Crippen LogP contribution >= 0.6 is 0 Å². The Morgan fingerprint density at radius 3 is 2.62 bits per heavy atom. The first-order chi connectivity index (χ1) is 6.43. The van der Waals surface area contributed by atoms with Crippen LogP contribution in [0.3, 0.4) is 0 Å². The third kappa shape index (κ3) is 1.13. The van der Waals surface area contributed by atoms with Crippen molar-refractivity contribution in [2.75, 3.05) is 0 Å². The second-order valence-electron chi connectivity index (χ2n) is 4.26. The second kappa shape index (κ2) is 2.73. The van der Waals surface area contributed by atoms with E-state index in [9.17, 15) is 0 Å². The summed E-state index contributed by atoms with van der Waals surface area (Å²) >= 11 is 0. The summed E-state index contributed by atoms with van der Waals surface area (Å²) < 4.78 is 0. The molecule has 3 rings (SSSR count). The molecule has 1 aromatic carbocycles. The van der Waals surface area contributed by atoms with Crippen LogP contribution in [0.15, 0.2) is 36.4 Å². The van der Waals surface area contributed by atoms with Gasteiger partial charge in [-0.3, -0.25) is 0 Å². The summed E-state index contributed by atoms with van der Waals surface area (Å²) in [6, 6.07) is 8.92. The minimum Gasteiger partial charge on any atom is -0.0879 e. The lowest BCUT2D eigenvalue weighted by molar-refractivity contribution is 0.395. The van der Waals surface area contributed by atoms with Gasteiger partial charge in [0.05, 0.1) is 0 Å². The molecule has 0 nitrogen and oxygen atoms in total. The van der Waals surface area contributed by atoms with Gasteiger partial charge in [0.15, 0.2) is 0 Å². The molecular formula is C13H14. The molecule has 1 aromatic rings. The average molecular weight is 170 g/mol. The highest BCUT2D eigenvalue weighted by molar-refractivity contribution is 5.32. The molecule has 0 fully saturated rings. The molecule has 2 unspecified atom stereocenters.